The number of aryl methyl sites for hydroxylation is 2. The lowest BCUT2D eigenvalue weighted by atomic mass is 9.97. The van der Waals surface area contributed by atoms with Gasteiger partial charge in [0.25, 0.3) is 0 Å². The van der Waals surface area contributed by atoms with Crippen LogP contribution in [0.15, 0.2) is 28.7 Å². The van der Waals surface area contributed by atoms with E-state index in [9.17, 15) is 4.79 Å². The first kappa shape index (κ1) is 17.5. The number of hydrogen-bond donors (Lipinski definition) is 1. The Balaban J connectivity index is 1.85. The van der Waals surface area contributed by atoms with Gasteiger partial charge in [-0.1, -0.05) is 44.5 Å². The average molecular weight is 335 g/mol. The van der Waals surface area contributed by atoms with Gasteiger partial charge in [0.2, 0.25) is 5.91 Å². The highest BCUT2D eigenvalue weighted by molar-refractivity contribution is 6.30. The van der Waals surface area contributed by atoms with E-state index in [-0.39, 0.29) is 11.3 Å². The molecule has 0 aliphatic carbocycles. The molecule has 0 unspecified atom stereocenters. The minimum Gasteiger partial charge on any atom is -0.445 e. The van der Waals surface area contributed by atoms with E-state index in [2.05, 4.69) is 31.1 Å². The van der Waals surface area contributed by atoms with Gasteiger partial charge in [0.15, 0.2) is 5.89 Å². The number of nitrogens with one attached hydrogen (secondary N) is 1. The summed E-state index contributed by atoms with van der Waals surface area (Å²) >= 11 is 5.84. The Kier molecular flexibility index (Phi) is 5.47. The molecule has 0 saturated heterocycles. The third-order valence-corrected chi connectivity index (χ3v) is 3.77. The van der Waals surface area contributed by atoms with Crippen molar-refractivity contribution in [3.63, 3.8) is 0 Å². The van der Waals surface area contributed by atoms with E-state index in [0.29, 0.717) is 30.3 Å². The van der Waals surface area contributed by atoms with Gasteiger partial charge in [-0.25, -0.2) is 4.98 Å². The van der Waals surface area contributed by atoms with Crippen LogP contribution >= 0.6 is 11.6 Å². The molecule has 23 heavy (non-hydrogen) atoms. The molecule has 0 radical (unpaired) electrons. The van der Waals surface area contributed by atoms with Gasteiger partial charge in [-0.05, 0) is 24.6 Å². The summed E-state index contributed by atoms with van der Waals surface area (Å²) in [4.78, 5) is 16.4. The number of aromatic nitrogens is 1. The van der Waals surface area contributed by atoms with Crippen LogP contribution < -0.4 is 5.32 Å². The van der Waals surface area contributed by atoms with E-state index in [1.807, 2.05) is 31.2 Å². The molecule has 1 heterocycles. The number of hydrogen-bond acceptors (Lipinski definition) is 3. The van der Waals surface area contributed by atoms with Crippen LogP contribution in [0.2, 0.25) is 5.02 Å². The zero-order valence-corrected chi connectivity index (χ0v) is 14.8. The molecule has 1 aromatic carbocycles. The van der Waals surface area contributed by atoms with Gasteiger partial charge in [0, 0.05) is 29.8 Å². The van der Waals surface area contributed by atoms with Crippen molar-refractivity contribution in [1.82, 2.24) is 10.3 Å². The number of carbonyl (C=O) groups is 1. The molecule has 2 aromatic rings. The van der Waals surface area contributed by atoms with Crippen molar-refractivity contribution in [2.75, 3.05) is 0 Å². The van der Waals surface area contributed by atoms with E-state index in [0.717, 1.165) is 17.0 Å². The van der Waals surface area contributed by atoms with E-state index in [4.69, 9.17) is 16.0 Å². The highest BCUT2D eigenvalue weighted by Gasteiger charge is 2.22. The lowest BCUT2D eigenvalue weighted by Crippen LogP contribution is -2.23. The summed E-state index contributed by atoms with van der Waals surface area (Å²) in [5.74, 6) is 1.50. The van der Waals surface area contributed by atoms with E-state index in [1.54, 1.807) is 0 Å². The Morgan fingerprint density at radius 1 is 1.26 bits per heavy atom. The van der Waals surface area contributed by atoms with Crippen molar-refractivity contribution in [3.8, 4) is 0 Å². The molecule has 4 nitrogen and oxygen atoms in total. The SMILES string of the molecule is Cc1nc(C(C)(C)C)oc1CCC(=O)NCc1ccc(Cl)cc1. The largest absolute Gasteiger partial charge is 0.445 e. The second-order valence-corrected chi connectivity index (χ2v) is 7.12. The van der Waals surface area contributed by atoms with Crippen molar-refractivity contribution >= 4 is 17.5 Å². The molecular formula is C18H23ClN2O2. The number of benzene rings is 1. The summed E-state index contributed by atoms with van der Waals surface area (Å²) in [5.41, 5.74) is 1.76. The maximum Gasteiger partial charge on any atom is 0.220 e. The quantitative estimate of drug-likeness (QED) is 0.892. The van der Waals surface area contributed by atoms with Gasteiger partial charge in [-0.3, -0.25) is 4.79 Å². The van der Waals surface area contributed by atoms with Gasteiger partial charge in [-0.15, -0.1) is 0 Å². The van der Waals surface area contributed by atoms with Crippen LogP contribution in [0.25, 0.3) is 0 Å². The Bertz CT molecular complexity index is 669. The number of rotatable bonds is 5. The summed E-state index contributed by atoms with van der Waals surface area (Å²) in [6, 6.07) is 7.43. The zero-order valence-electron chi connectivity index (χ0n) is 14.1. The van der Waals surface area contributed by atoms with Crippen LogP contribution in [0.1, 0.15) is 50.1 Å². The number of halogens is 1. The fourth-order valence-corrected chi connectivity index (χ4v) is 2.23. The number of amides is 1. The Labute approximate surface area is 142 Å². The maximum atomic E-state index is 12.0. The molecule has 0 aliphatic rings. The summed E-state index contributed by atoms with van der Waals surface area (Å²) in [6.07, 6.45) is 0.939. The number of carbonyl (C=O) groups excluding carboxylic acids is 1. The second kappa shape index (κ2) is 7.18. The predicted octanol–water partition coefficient (Wildman–Crippen LogP) is 4.18. The Morgan fingerprint density at radius 3 is 2.48 bits per heavy atom. The number of nitrogens with zero attached hydrogens (tertiary/aromatic N) is 1. The monoisotopic (exact) mass is 334 g/mol. The molecule has 1 aromatic heterocycles. The summed E-state index contributed by atoms with van der Waals surface area (Å²) in [5, 5.41) is 3.59. The third kappa shape index (κ3) is 5.10. The van der Waals surface area contributed by atoms with Gasteiger partial charge >= 0.3 is 0 Å². The molecule has 0 spiro atoms. The van der Waals surface area contributed by atoms with E-state index < -0.39 is 0 Å². The minimum absolute atomic E-state index is 0.00643. The van der Waals surface area contributed by atoms with Crippen molar-refractivity contribution in [3.05, 3.63) is 52.2 Å². The van der Waals surface area contributed by atoms with Crippen LogP contribution in [0.4, 0.5) is 0 Å². The third-order valence-electron chi connectivity index (χ3n) is 3.52. The second-order valence-electron chi connectivity index (χ2n) is 6.68. The first-order valence-electron chi connectivity index (χ1n) is 7.73. The van der Waals surface area contributed by atoms with Gasteiger partial charge in [0.05, 0.1) is 5.69 Å². The fraction of sp³-hybridized carbons (Fsp3) is 0.444. The lowest BCUT2D eigenvalue weighted by molar-refractivity contribution is -0.121. The predicted molar refractivity (Wildman–Crippen MR) is 91.6 cm³/mol. The van der Waals surface area contributed by atoms with Gasteiger partial charge in [0.1, 0.15) is 5.76 Å². The summed E-state index contributed by atoms with van der Waals surface area (Å²) < 4.78 is 5.80. The van der Waals surface area contributed by atoms with Crippen LogP contribution in [-0.2, 0) is 23.2 Å². The molecule has 0 atom stereocenters. The van der Waals surface area contributed by atoms with Crippen molar-refractivity contribution < 1.29 is 9.21 Å². The molecule has 2 rings (SSSR count). The smallest absolute Gasteiger partial charge is 0.220 e. The van der Waals surface area contributed by atoms with E-state index in [1.165, 1.54) is 0 Å². The first-order chi connectivity index (χ1) is 10.8. The lowest BCUT2D eigenvalue weighted by Gasteiger charge is -2.12. The molecule has 0 saturated carbocycles. The molecular weight excluding hydrogens is 312 g/mol. The highest BCUT2D eigenvalue weighted by Crippen LogP contribution is 2.24. The van der Waals surface area contributed by atoms with Gasteiger partial charge in [-0.2, -0.15) is 0 Å². The maximum absolute atomic E-state index is 12.0. The van der Waals surface area contributed by atoms with E-state index >= 15 is 0 Å². The van der Waals surface area contributed by atoms with Crippen LogP contribution in [0.3, 0.4) is 0 Å². The molecule has 0 fully saturated rings. The molecule has 124 valence electrons. The van der Waals surface area contributed by atoms with Crippen LogP contribution in [0.5, 0.6) is 0 Å². The molecule has 0 aliphatic heterocycles. The fourth-order valence-electron chi connectivity index (χ4n) is 2.10. The van der Waals surface area contributed by atoms with Crippen LogP contribution in [0, 0.1) is 6.92 Å². The molecule has 0 bridgehead atoms. The standard InChI is InChI=1S/C18H23ClN2O2/c1-12-15(23-17(21-12)18(2,3)4)9-10-16(22)20-11-13-5-7-14(19)8-6-13/h5-8H,9-11H2,1-4H3,(H,20,22). The van der Waals surface area contributed by atoms with Gasteiger partial charge < -0.3 is 9.73 Å². The number of oxazole rings is 1. The van der Waals surface area contributed by atoms with Crippen molar-refractivity contribution in [1.29, 1.82) is 0 Å². The Hall–Kier alpha value is -1.81. The van der Waals surface area contributed by atoms with Crippen molar-refractivity contribution in [2.45, 2.75) is 52.5 Å². The normalized spacial score (nSPS) is 11.5. The highest BCUT2D eigenvalue weighted by atomic mass is 35.5. The molecule has 1 N–H and O–H groups in total. The zero-order chi connectivity index (χ0) is 17.0. The minimum atomic E-state index is -0.125. The first-order valence-corrected chi connectivity index (χ1v) is 8.11. The Morgan fingerprint density at radius 2 is 1.91 bits per heavy atom. The topological polar surface area (TPSA) is 55.1 Å². The summed E-state index contributed by atoms with van der Waals surface area (Å²) in [6.45, 7) is 8.58. The summed E-state index contributed by atoms with van der Waals surface area (Å²) in [7, 11) is 0. The van der Waals surface area contributed by atoms with Crippen molar-refractivity contribution in [2.24, 2.45) is 0 Å². The van der Waals surface area contributed by atoms with Crippen LogP contribution in [-0.4, -0.2) is 10.9 Å². The molecule has 5 heteroatoms. The molecule has 1 amide bonds. The average Bonchev–Trinajstić information content (AvgIpc) is 2.86.